The van der Waals surface area contributed by atoms with Crippen LogP contribution < -0.4 is 0 Å². The Hall–Kier alpha value is -2.31. The molecular formula is C12H9F3N2O2. The summed E-state index contributed by atoms with van der Waals surface area (Å²) in [6.07, 6.45) is -4.69. The standard InChI is InChI=1S/C12H9F3N2O2/c1-7-9(11(18)19)17(8-5-3-2-4-6-8)16-10(7)12(13,14)15/h2-6H,1H3,(H,18,19). The number of carbonyl (C=O) groups is 1. The van der Waals surface area contributed by atoms with Crippen molar-refractivity contribution in [1.29, 1.82) is 0 Å². The number of halogens is 3. The van der Waals surface area contributed by atoms with Crippen molar-refractivity contribution in [3.63, 3.8) is 0 Å². The number of hydrogen-bond acceptors (Lipinski definition) is 2. The molecule has 0 unspecified atom stereocenters. The summed E-state index contributed by atoms with van der Waals surface area (Å²) in [4.78, 5) is 11.1. The quantitative estimate of drug-likeness (QED) is 0.912. The van der Waals surface area contributed by atoms with Crippen LogP contribution in [0.2, 0.25) is 0 Å². The number of nitrogens with zero attached hydrogens (tertiary/aromatic N) is 2. The molecule has 0 spiro atoms. The first-order valence-electron chi connectivity index (χ1n) is 5.28. The van der Waals surface area contributed by atoms with Crippen molar-refractivity contribution in [1.82, 2.24) is 9.78 Å². The highest BCUT2D eigenvalue weighted by Crippen LogP contribution is 2.33. The SMILES string of the molecule is Cc1c(C(F)(F)F)nn(-c2ccccc2)c1C(=O)O. The van der Waals surface area contributed by atoms with Gasteiger partial charge in [-0.3, -0.25) is 0 Å². The Bertz CT molecular complexity index is 618. The number of aromatic carboxylic acids is 1. The maximum atomic E-state index is 12.8. The zero-order valence-electron chi connectivity index (χ0n) is 9.77. The zero-order chi connectivity index (χ0) is 14.2. The Labute approximate surface area is 106 Å². The lowest BCUT2D eigenvalue weighted by atomic mass is 10.2. The van der Waals surface area contributed by atoms with E-state index < -0.39 is 29.1 Å². The number of aromatic nitrogens is 2. The number of carboxylic acid groups (broad SMARTS) is 1. The average molecular weight is 270 g/mol. The molecule has 100 valence electrons. The number of para-hydroxylation sites is 1. The molecule has 0 saturated carbocycles. The van der Waals surface area contributed by atoms with Crippen LogP contribution in [0, 0.1) is 6.92 Å². The molecule has 0 aliphatic rings. The molecule has 1 aromatic carbocycles. The van der Waals surface area contributed by atoms with Crippen molar-refractivity contribution in [3.8, 4) is 5.69 Å². The molecular weight excluding hydrogens is 261 g/mol. The molecule has 0 aliphatic heterocycles. The summed E-state index contributed by atoms with van der Waals surface area (Å²) in [7, 11) is 0. The predicted octanol–water partition coefficient (Wildman–Crippen LogP) is 2.90. The molecule has 0 radical (unpaired) electrons. The second-order valence-electron chi connectivity index (χ2n) is 3.87. The van der Waals surface area contributed by atoms with E-state index in [4.69, 9.17) is 5.11 Å². The third-order valence-corrected chi connectivity index (χ3v) is 2.59. The summed E-state index contributed by atoms with van der Waals surface area (Å²) in [5.74, 6) is -1.45. The second kappa shape index (κ2) is 4.42. The minimum absolute atomic E-state index is 0.263. The largest absolute Gasteiger partial charge is 0.477 e. The van der Waals surface area contributed by atoms with Gasteiger partial charge in [-0.05, 0) is 19.1 Å². The van der Waals surface area contributed by atoms with Gasteiger partial charge in [0.25, 0.3) is 0 Å². The molecule has 1 N–H and O–H groups in total. The van der Waals surface area contributed by atoms with Gasteiger partial charge in [-0.15, -0.1) is 0 Å². The van der Waals surface area contributed by atoms with E-state index in [1.807, 2.05) is 0 Å². The van der Waals surface area contributed by atoms with Gasteiger partial charge in [0.15, 0.2) is 11.4 Å². The highest BCUT2D eigenvalue weighted by Gasteiger charge is 2.39. The van der Waals surface area contributed by atoms with Gasteiger partial charge in [0, 0.05) is 5.56 Å². The lowest BCUT2D eigenvalue weighted by Gasteiger charge is -2.04. The van der Waals surface area contributed by atoms with Crippen LogP contribution in [0.4, 0.5) is 13.2 Å². The lowest BCUT2D eigenvalue weighted by Crippen LogP contribution is -2.09. The first-order chi connectivity index (χ1) is 8.82. The van der Waals surface area contributed by atoms with Gasteiger partial charge < -0.3 is 5.11 Å². The molecule has 19 heavy (non-hydrogen) atoms. The molecule has 7 heteroatoms. The fourth-order valence-electron chi connectivity index (χ4n) is 1.77. The van der Waals surface area contributed by atoms with E-state index >= 15 is 0 Å². The van der Waals surface area contributed by atoms with E-state index in [1.54, 1.807) is 18.2 Å². The minimum Gasteiger partial charge on any atom is -0.477 e. The second-order valence-corrected chi connectivity index (χ2v) is 3.87. The molecule has 0 bridgehead atoms. The lowest BCUT2D eigenvalue weighted by molar-refractivity contribution is -0.141. The molecule has 2 aromatic rings. The van der Waals surface area contributed by atoms with Crippen molar-refractivity contribution in [3.05, 3.63) is 47.3 Å². The van der Waals surface area contributed by atoms with E-state index in [2.05, 4.69) is 5.10 Å². The highest BCUT2D eigenvalue weighted by molar-refractivity contribution is 5.88. The highest BCUT2D eigenvalue weighted by atomic mass is 19.4. The van der Waals surface area contributed by atoms with Crippen molar-refractivity contribution >= 4 is 5.97 Å². The topological polar surface area (TPSA) is 55.1 Å². The summed E-state index contributed by atoms with van der Waals surface area (Å²) < 4.78 is 39.0. The van der Waals surface area contributed by atoms with Crippen LogP contribution in [0.1, 0.15) is 21.7 Å². The summed E-state index contributed by atoms with van der Waals surface area (Å²) >= 11 is 0. The molecule has 4 nitrogen and oxygen atoms in total. The predicted molar refractivity (Wildman–Crippen MR) is 60.3 cm³/mol. The van der Waals surface area contributed by atoms with Crippen LogP contribution in [0.5, 0.6) is 0 Å². The Kier molecular flexibility index (Phi) is 3.05. The number of carboxylic acids is 1. The van der Waals surface area contributed by atoms with Crippen LogP contribution in [0.3, 0.4) is 0 Å². The Balaban J connectivity index is 2.71. The average Bonchev–Trinajstić information content (AvgIpc) is 2.68. The van der Waals surface area contributed by atoms with E-state index in [-0.39, 0.29) is 5.69 Å². The van der Waals surface area contributed by atoms with E-state index in [1.165, 1.54) is 12.1 Å². The van der Waals surface area contributed by atoms with Gasteiger partial charge in [-0.1, -0.05) is 18.2 Å². The molecule has 0 atom stereocenters. The van der Waals surface area contributed by atoms with Crippen molar-refractivity contribution in [2.45, 2.75) is 13.1 Å². The Morgan fingerprint density at radius 2 is 1.84 bits per heavy atom. The number of alkyl halides is 3. The zero-order valence-corrected chi connectivity index (χ0v) is 9.77. The van der Waals surface area contributed by atoms with Crippen LogP contribution >= 0.6 is 0 Å². The van der Waals surface area contributed by atoms with Crippen molar-refractivity contribution < 1.29 is 23.1 Å². The first kappa shape index (κ1) is 13.1. The third kappa shape index (κ3) is 2.31. The molecule has 0 aliphatic carbocycles. The smallest absolute Gasteiger partial charge is 0.435 e. The Morgan fingerprint density at radius 3 is 2.32 bits per heavy atom. The molecule has 0 saturated heterocycles. The Morgan fingerprint density at radius 1 is 1.26 bits per heavy atom. The molecule has 1 aromatic heterocycles. The third-order valence-electron chi connectivity index (χ3n) is 2.59. The molecule has 0 amide bonds. The number of benzene rings is 1. The summed E-state index contributed by atoms with van der Waals surface area (Å²) in [5, 5.41) is 12.4. The fourth-order valence-corrected chi connectivity index (χ4v) is 1.77. The van der Waals surface area contributed by atoms with Gasteiger partial charge in [0.1, 0.15) is 0 Å². The van der Waals surface area contributed by atoms with E-state index in [0.717, 1.165) is 11.6 Å². The van der Waals surface area contributed by atoms with Crippen LogP contribution in [0.15, 0.2) is 30.3 Å². The van der Waals surface area contributed by atoms with Gasteiger partial charge in [0.2, 0.25) is 0 Å². The maximum absolute atomic E-state index is 12.8. The summed E-state index contributed by atoms with van der Waals surface area (Å²) in [6.45, 7) is 1.10. The van der Waals surface area contributed by atoms with E-state index in [9.17, 15) is 18.0 Å². The molecule has 2 rings (SSSR count). The monoisotopic (exact) mass is 270 g/mol. The maximum Gasteiger partial charge on any atom is 0.435 e. The summed E-state index contributed by atoms with van der Waals surface area (Å²) in [5.41, 5.74) is -1.81. The van der Waals surface area contributed by atoms with Crippen molar-refractivity contribution in [2.24, 2.45) is 0 Å². The molecule has 1 heterocycles. The van der Waals surface area contributed by atoms with Gasteiger partial charge >= 0.3 is 12.1 Å². The first-order valence-corrected chi connectivity index (χ1v) is 5.28. The number of hydrogen-bond donors (Lipinski definition) is 1. The van der Waals surface area contributed by atoms with E-state index in [0.29, 0.717) is 0 Å². The van der Waals surface area contributed by atoms with Gasteiger partial charge in [-0.25, -0.2) is 9.48 Å². The van der Waals surface area contributed by atoms with Crippen LogP contribution in [0.25, 0.3) is 5.69 Å². The number of rotatable bonds is 2. The fraction of sp³-hybridized carbons (Fsp3) is 0.167. The molecule has 0 fully saturated rings. The van der Waals surface area contributed by atoms with Crippen LogP contribution in [-0.2, 0) is 6.18 Å². The minimum atomic E-state index is -4.69. The summed E-state index contributed by atoms with van der Waals surface area (Å²) in [6, 6.07) is 7.82. The normalized spacial score (nSPS) is 11.6. The van der Waals surface area contributed by atoms with Gasteiger partial charge in [0.05, 0.1) is 5.69 Å². The van der Waals surface area contributed by atoms with Crippen LogP contribution in [-0.4, -0.2) is 20.9 Å². The van der Waals surface area contributed by atoms with Crippen molar-refractivity contribution in [2.75, 3.05) is 0 Å². The van der Waals surface area contributed by atoms with Gasteiger partial charge in [-0.2, -0.15) is 18.3 Å².